The summed E-state index contributed by atoms with van der Waals surface area (Å²) in [6.07, 6.45) is 0.756. The minimum Gasteiger partial charge on any atom is -0.496 e. The quantitative estimate of drug-likeness (QED) is 0.924. The van der Waals surface area contributed by atoms with Gasteiger partial charge in [-0.15, -0.1) is 0 Å². The molecule has 1 atom stereocenters. The molecule has 0 aliphatic heterocycles. The second-order valence-electron chi connectivity index (χ2n) is 4.65. The smallest absolute Gasteiger partial charge is 0.122 e. The molecular formula is C16H18BrNO. The lowest BCUT2D eigenvalue weighted by molar-refractivity contribution is 0.408. The topological polar surface area (TPSA) is 35.2 Å². The van der Waals surface area contributed by atoms with Crippen molar-refractivity contribution >= 4 is 15.9 Å². The Labute approximate surface area is 122 Å². The first-order valence-electron chi connectivity index (χ1n) is 6.25. The number of rotatable bonds is 4. The highest BCUT2D eigenvalue weighted by Gasteiger charge is 2.13. The SMILES string of the molecule is COc1ccccc1CC(N)c1ccc(C)cc1Br. The summed E-state index contributed by atoms with van der Waals surface area (Å²) in [6.45, 7) is 2.07. The van der Waals surface area contributed by atoms with Gasteiger partial charge >= 0.3 is 0 Å². The van der Waals surface area contributed by atoms with Crippen molar-refractivity contribution in [2.24, 2.45) is 5.73 Å². The number of nitrogens with two attached hydrogens (primary N) is 1. The van der Waals surface area contributed by atoms with Crippen molar-refractivity contribution in [1.82, 2.24) is 0 Å². The molecule has 3 heteroatoms. The summed E-state index contributed by atoms with van der Waals surface area (Å²) in [5, 5.41) is 0. The summed E-state index contributed by atoms with van der Waals surface area (Å²) in [6, 6.07) is 14.2. The number of benzene rings is 2. The van der Waals surface area contributed by atoms with Crippen molar-refractivity contribution in [2.75, 3.05) is 7.11 Å². The number of methoxy groups -OCH3 is 1. The average Bonchev–Trinajstić information content (AvgIpc) is 2.39. The van der Waals surface area contributed by atoms with Crippen LogP contribution in [0.5, 0.6) is 5.75 Å². The molecule has 0 aliphatic carbocycles. The first kappa shape index (κ1) is 14.1. The predicted octanol–water partition coefficient (Wildman–Crippen LogP) is 4.01. The molecule has 100 valence electrons. The standard InChI is InChI=1S/C16H18BrNO/c1-11-7-8-13(14(17)9-11)15(18)10-12-5-3-4-6-16(12)19-2/h3-9,15H,10,18H2,1-2H3. The Bertz CT molecular complexity index is 568. The van der Waals surface area contributed by atoms with E-state index >= 15 is 0 Å². The summed E-state index contributed by atoms with van der Waals surface area (Å²) in [7, 11) is 1.69. The minimum absolute atomic E-state index is 0.0497. The Hall–Kier alpha value is -1.32. The van der Waals surface area contributed by atoms with Crippen LogP contribution in [-0.2, 0) is 6.42 Å². The normalized spacial score (nSPS) is 12.2. The summed E-state index contributed by atoms with van der Waals surface area (Å²) in [5.41, 5.74) is 9.79. The zero-order chi connectivity index (χ0) is 13.8. The first-order valence-corrected chi connectivity index (χ1v) is 7.04. The average molecular weight is 320 g/mol. The lowest BCUT2D eigenvalue weighted by Gasteiger charge is -2.16. The highest BCUT2D eigenvalue weighted by molar-refractivity contribution is 9.10. The van der Waals surface area contributed by atoms with Crippen LogP contribution in [0.4, 0.5) is 0 Å². The van der Waals surface area contributed by atoms with Crippen molar-refractivity contribution in [2.45, 2.75) is 19.4 Å². The van der Waals surface area contributed by atoms with Crippen LogP contribution in [0.3, 0.4) is 0 Å². The van der Waals surface area contributed by atoms with E-state index in [9.17, 15) is 0 Å². The lowest BCUT2D eigenvalue weighted by atomic mass is 9.98. The maximum absolute atomic E-state index is 6.32. The van der Waals surface area contributed by atoms with Gasteiger partial charge in [-0.1, -0.05) is 46.3 Å². The van der Waals surface area contributed by atoms with Gasteiger partial charge in [-0.05, 0) is 42.2 Å². The largest absolute Gasteiger partial charge is 0.496 e. The number of para-hydroxylation sites is 1. The van der Waals surface area contributed by atoms with Crippen LogP contribution in [0, 0.1) is 6.92 Å². The van der Waals surface area contributed by atoms with Gasteiger partial charge in [-0.2, -0.15) is 0 Å². The van der Waals surface area contributed by atoms with Crippen LogP contribution >= 0.6 is 15.9 Å². The van der Waals surface area contributed by atoms with Crippen molar-refractivity contribution in [3.8, 4) is 5.75 Å². The predicted molar refractivity (Wildman–Crippen MR) is 82.5 cm³/mol. The maximum atomic E-state index is 6.32. The molecule has 2 nitrogen and oxygen atoms in total. The van der Waals surface area contributed by atoms with Gasteiger partial charge in [0.15, 0.2) is 0 Å². The molecule has 0 spiro atoms. The van der Waals surface area contributed by atoms with Crippen LogP contribution in [-0.4, -0.2) is 7.11 Å². The third kappa shape index (κ3) is 3.37. The molecule has 0 aromatic heterocycles. The van der Waals surface area contributed by atoms with E-state index in [2.05, 4.69) is 47.1 Å². The molecule has 0 bridgehead atoms. The maximum Gasteiger partial charge on any atom is 0.122 e. The second-order valence-corrected chi connectivity index (χ2v) is 5.50. The van der Waals surface area contributed by atoms with Gasteiger partial charge in [0.1, 0.15) is 5.75 Å². The molecule has 0 saturated heterocycles. The molecular weight excluding hydrogens is 302 g/mol. The van der Waals surface area contributed by atoms with Crippen molar-refractivity contribution in [3.05, 3.63) is 63.6 Å². The number of hydrogen-bond acceptors (Lipinski definition) is 2. The van der Waals surface area contributed by atoms with Gasteiger partial charge in [0.25, 0.3) is 0 Å². The number of hydrogen-bond donors (Lipinski definition) is 1. The molecule has 1 unspecified atom stereocenters. The van der Waals surface area contributed by atoms with Gasteiger partial charge in [0.05, 0.1) is 7.11 Å². The van der Waals surface area contributed by atoms with E-state index in [1.165, 1.54) is 5.56 Å². The summed E-state index contributed by atoms with van der Waals surface area (Å²) >= 11 is 3.59. The molecule has 19 heavy (non-hydrogen) atoms. The Kier molecular flexibility index (Phi) is 4.61. The first-order chi connectivity index (χ1) is 9.11. The van der Waals surface area contributed by atoms with Gasteiger partial charge in [-0.3, -0.25) is 0 Å². The lowest BCUT2D eigenvalue weighted by Crippen LogP contribution is -2.14. The van der Waals surface area contributed by atoms with Crippen LogP contribution in [0.1, 0.15) is 22.7 Å². The van der Waals surface area contributed by atoms with Crippen LogP contribution in [0.2, 0.25) is 0 Å². The van der Waals surface area contributed by atoms with Gasteiger partial charge in [-0.25, -0.2) is 0 Å². The van der Waals surface area contributed by atoms with Crippen LogP contribution in [0.15, 0.2) is 46.9 Å². The molecule has 2 aromatic rings. The number of halogens is 1. The zero-order valence-electron chi connectivity index (χ0n) is 11.2. The van der Waals surface area contributed by atoms with Crippen molar-refractivity contribution in [1.29, 1.82) is 0 Å². The zero-order valence-corrected chi connectivity index (χ0v) is 12.8. The summed E-state index contributed by atoms with van der Waals surface area (Å²) < 4.78 is 6.43. The van der Waals surface area contributed by atoms with E-state index < -0.39 is 0 Å². The van der Waals surface area contributed by atoms with Crippen LogP contribution in [0.25, 0.3) is 0 Å². The Balaban J connectivity index is 2.23. The molecule has 0 aliphatic rings. The number of ether oxygens (including phenoxy) is 1. The highest BCUT2D eigenvalue weighted by atomic mass is 79.9. The van der Waals surface area contributed by atoms with E-state index in [1.807, 2.05) is 18.2 Å². The molecule has 0 heterocycles. The monoisotopic (exact) mass is 319 g/mol. The Morgan fingerprint density at radius 1 is 1.21 bits per heavy atom. The van der Waals surface area contributed by atoms with Crippen molar-refractivity contribution in [3.63, 3.8) is 0 Å². The van der Waals surface area contributed by atoms with Gasteiger partial charge in [0, 0.05) is 10.5 Å². The fraction of sp³-hybridized carbons (Fsp3) is 0.250. The fourth-order valence-electron chi connectivity index (χ4n) is 2.15. The molecule has 0 amide bonds. The highest BCUT2D eigenvalue weighted by Crippen LogP contribution is 2.28. The number of aryl methyl sites for hydroxylation is 1. The molecule has 2 aromatic carbocycles. The summed E-state index contributed by atoms with van der Waals surface area (Å²) in [4.78, 5) is 0. The van der Waals surface area contributed by atoms with Crippen LogP contribution < -0.4 is 10.5 Å². The van der Waals surface area contributed by atoms with Crippen molar-refractivity contribution < 1.29 is 4.74 Å². The third-order valence-corrected chi connectivity index (χ3v) is 3.87. The fourth-order valence-corrected chi connectivity index (χ4v) is 2.94. The second kappa shape index (κ2) is 6.22. The molecule has 0 saturated carbocycles. The van der Waals surface area contributed by atoms with E-state index in [1.54, 1.807) is 7.11 Å². The van der Waals surface area contributed by atoms with E-state index in [0.717, 1.165) is 27.8 Å². The van der Waals surface area contributed by atoms with E-state index in [-0.39, 0.29) is 6.04 Å². The molecule has 2 rings (SSSR count). The Morgan fingerprint density at radius 2 is 1.95 bits per heavy atom. The third-order valence-electron chi connectivity index (χ3n) is 3.19. The molecule has 0 radical (unpaired) electrons. The Morgan fingerprint density at radius 3 is 2.63 bits per heavy atom. The van der Waals surface area contributed by atoms with Gasteiger partial charge < -0.3 is 10.5 Å². The molecule has 0 fully saturated rings. The minimum atomic E-state index is -0.0497. The van der Waals surface area contributed by atoms with Gasteiger partial charge in [0.2, 0.25) is 0 Å². The summed E-state index contributed by atoms with van der Waals surface area (Å²) in [5.74, 6) is 0.890. The van der Waals surface area contributed by atoms with E-state index in [0.29, 0.717) is 0 Å². The van der Waals surface area contributed by atoms with E-state index in [4.69, 9.17) is 10.5 Å². The molecule has 2 N–H and O–H groups in total.